The van der Waals surface area contributed by atoms with Crippen LogP contribution in [0.3, 0.4) is 0 Å². The molecule has 3 aromatic heterocycles. The lowest BCUT2D eigenvalue weighted by Crippen LogP contribution is -2.38. The van der Waals surface area contributed by atoms with Crippen molar-refractivity contribution in [2.45, 2.75) is 25.3 Å². The molecule has 148 valence electrons. The van der Waals surface area contributed by atoms with Gasteiger partial charge in [0.1, 0.15) is 5.82 Å². The van der Waals surface area contributed by atoms with Gasteiger partial charge in [0.05, 0.1) is 11.0 Å². The maximum Gasteiger partial charge on any atom is 0.326 e. The fourth-order valence-corrected chi connectivity index (χ4v) is 4.23. The Balaban J connectivity index is 1.32. The van der Waals surface area contributed by atoms with E-state index in [4.69, 9.17) is 0 Å². The molecule has 8 heteroatoms. The Kier molecular flexibility index (Phi) is 4.38. The van der Waals surface area contributed by atoms with Crippen LogP contribution in [0.4, 0.5) is 5.95 Å². The molecule has 0 atom stereocenters. The number of benzene rings is 1. The van der Waals surface area contributed by atoms with E-state index in [0.717, 1.165) is 55.2 Å². The molecule has 0 amide bonds. The van der Waals surface area contributed by atoms with Gasteiger partial charge in [-0.1, -0.05) is 12.1 Å². The number of aromatic amines is 1. The molecule has 0 saturated carbocycles. The third-order valence-electron chi connectivity index (χ3n) is 5.79. The van der Waals surface area contributed by atoms with E-state index in [2.05, 4.69) is 29.6 Å². The highest BCUT2D eigenvalue weighted by molar-refractivity contribution is 5.75. The van der Waals surface area contributed by atoms with E-state index in [0.29, 0.717) is 0 Å². The number of nitrogens with one attached hydrogen (secondary N) is 1. The molecule has 0 aliphatic carbocycles. The number of imidazole rings is 1. The van der Waals surface area contributed by atoms with Gasteiger partial charge in [-0.3, -0.25) is 9.55 Å². The van der Waals surface area contributed by atoms with Gasteiger partial charge in [-0.25, -0.2) is 4.79 Å². The minimum Gasteiger partial charge on any atom is -0.341 e. The van der Waals surface area contributed by atoms with Crippen molar-refractivity contribution in [3.05, 3.63) is 70.7 Å². The van der Waals surface area contributed by atoms with E-state index in [1.165, 1.54) is 5.56 Å². The van der Waals surface area contributed by atoms with Gasteiger partial charge in [0.25, 0.3) is 0 Å². The number of nitrogens with zero attached hydrogens (tertiary/aromatic N) is 6. The summed E-state index contributed by atoms with van der Waals surface area (Å²) >= 11 is 0. The number of H-pyrrole nitrogens is 1. The van der Waals surface area contributed by atoms with Crippen molar-refractivity contribution in [3.63, 3.8) is 0 Å². The predicted octanol–water partition coefficient (Wildman–Crippen LogP) is 2.29. The summed E-state index contributed by atoms with van der Waals surface area (Å²) in [4.78, 5) is 21.8. The van der Waals surface area contributed by atoms with E-state index in [9.17, 15) is 4.79 Å². The molecule has 4 heterocycles. The zero-order valence-corrected chi connectivity index (χ0v) is 16.3. The van der Waals surface area contributed by atoms with Crippen LogP contribution in [0.1, 0.15) is 30.3 Å². The van der Waals surface area contributed by atoms with Crippen molar-refractivity contribution in [1.29, 1.82) is 0 Å². The highest BCUT2D eigenvalue weighted by Crippen LogP contribution is 2.27. The van der Waals surface area contributed by atoms with Crippen LogP contribution in [-0.4, -0.2) is 42.4 Å². The molecule has 5 rings (SSSR count). The standard InChI is InChI=1S/C21H23N7O/c1-26-19(14-15-6-10-22-11-7-15)24-25-20(26)27-12-8-16(9-13-27)28-18-5-3-2-4-17(18)23-21(28)29/h2-7,10-11,16H,8-9,12-14H2,1H3,(H,23,29). The normalized spacial score (nSPS) is 15.3. The monoisotopic (exact) mass is 389 g/mol. The molecule has 1 aromatic carbocycles. The van der Waals surface area contributed by atoms with Crippen molar-refractivity contribution in [2.75, 3.05) is 18.0 Å². The summed E-state index contributed by atoms with van der Waals surface area (Å²) in [5, 5.41) is 8.84. The molecule has 1 fully saturated rings. The lowest BCUT2D eigenvalue weighted by atomic mass is 10.0. The van der Waals surface area contributed by atoms with Crippen LogP contribution in [0, 0.1) is 0 Å². The molecule has 1 N–H and O–H groups in total. The van der Waals surface area contributed by atoms with Gasteiger partial charge in [0.2, 0.25) is 5.95 Å². The SMILES string of the molecule is Cn1c(Cc2ccncc2)nnc1N1CCC(n2c(=O)[nH]c3ccccc32)CC1. The molecule has 8 nitrogen and oxygen atoms in total. The van der Waals surface area contributed by atoms with Crippen molar-refractivity contribution in [3.8, 4) is 0 Å². The second-order valence-electron chi connectivity index (χ2n) is 7.54. The van der Waals surface area contributed by atoms with E-state index >= 15 is 0 Å². The highest BCUT2D eigenvalue weighted by Gasteiger charge is 2.26. The maximum atomic E-state index is 12.5. The van der Waals surface area contributed by atoms with Gasteiger partial charge in [-0.15, -0.1) is 10.2 Å². The molecule has 1 aliphatic heterocycles. The number of pyridine rings is 1. The molecule has 1 saturated heterocycles. The van der Waals surface area contributed by atoms with Crippen LogP contribution in [-0.2, 0) is 13.5 Å². The molecule has 1 aliphatic rings. The van der Waals surface area contributed by atoms with Gasteiger partial charge in [-0.05, 0) is 42.7 Å². The number of fused-ring (bicyclic) bond motifs is 1. The summed E-state index contributed by atoms with van der Waals surface area (Å²) in [6, 6.07) is 12.1. The second kappa shape index (κ2) is 7.20. The van der Waals surface area contributed by atoms with Gasteiger partial charge in [-0.2, -0.15) is 0 Å². The van der Waals surface area contributed by atoms with Crippen molar-refractivity contribution in [2.24, 2.45) is 7.05 Å². The Morgan fingerprint density at radius 2 is 1.83 bits per heavy atom. The molecule has 0 bridgehead atoms. The number of hydrogen-bond acceptors (Lipinski definition) is 5. The minimum atomic E-state index is -0.0251. The number of aromatic nitrogens is 6. The van der Waals surface area contributed by atoms with Crippen molar-refractivity contribution in [1.82, 2.24) is 29.3 Å². The van der Waals surface area contributed by atoms with Crippen molar-refractivity contribution >= 4 is 17.0 Å². The Morgan fingerprint density at radius 3 is 2.62 bits per heavy atom. The fraction of sp³-hybridized carbons (Fsp3) is 0.333. The van der Waals surface area contributed by atoms with Crippen LogP contribution in [0.25, 0.3) is 11.0 Å². The zero-order valence-electron chi connectivity index (χ0n) is 16.3. The van der Waals surface area contributed by atoms with E-state index in [-0.39, 0.29) is 11.7 Å². The first-order valence-corrected chi connectivity index (χ1v) is 9.92. The smallest absolute Gasteiger partial charge is 0.326 e. The summed E-state index contributed by atoms with van der Waals surface area (Å²) in [5.74, 6) is 1.82. The van der Waals surface area contributed by atoms with Crippen molar-refractivity contribution < 1.29 is 0 Å². The fourth-order valence-electron chi connectivity index (χ4n) is 4.23. The van der Waals surface area contributed by atoms with Crippen LogP contribution in [0.5, 0.6) is 0 Å². The highest BCUT2D eigenvalue weighted by atomic mass is 16.1. The molecule has 29 heavy (non-hydrogen) atoms. The predicted molar refractivity (Wildman–Crippen MR) is 111 cm³/mol. The van der Waals surface area contributed by atoms with Crippen LogP contribution in [0.2, 0.25) is 0 Å². The summed E-state index contributed by atoms with van der Waals surface area (Å²) in [5.41, 5.74) is 3.02. The number of anilines is 1. The van der Waals surface area contributed by atoms with E-state index in [1.54, 1.807) is 12.4 Å². The molecule has 0 radical (unpaired) electrons. The van der Waals surface area contributed by atoms with Crippen LogP contribution >= 0.6 is 0 Å². The summed E-state index contributed by atoms with van der Waals surface area (Å²) < 4.78 is 3.98. The summed E-state index contributed by atoms with van der Waals surface area (Å²) in [6.07, 6.45) is 6.11. The Morgan fingerprint density at radius 1 is 1.07 bits per heavy atom. The largest absolute Gasteiger partial charge is 0.341 e. The first kappa shape index (κ1) is 17.7. The lowest BCUT2D eigenvalue weighted by Gasteiger charge is -2.32. The topological polar surface area (TPSA) is 84.6 Å². The third kappa shape index (κ3) is 3.20. The Bertz CT molecular complexity index is 1180. The Labute approximate surface area is 167 Å². The number of hydrogen-bond donors (Lipinski definition) is 1. The van der Waals surface area contributed by atoms with E-state index < -0.39 is 0 Å². The zero-order chi connectivity index (χ0) is 19.8. The van der Waals surface area contributed by atoms with Crippen LogP contribution < -0.4 is 10.6 Å². The number of piperidine rings is 1. The van der Waals surface area contributed by atoms with Gasteiger partial charge >= 0.3 is 5.69 Å². The van der Waals surface area contributed by atoms with Gasteiger partial charge in [0, 0.05) is 45.0 Å². The summed E-state index contributed by atoms with van der Waals surface area (Å²) in [6.45, 7) is 1.69. The molecule has 0 unspecified atom stereocenters. The first-order chi connectivity index (χ1) is 14.2. The second-order valence-corrected chi connectivity index (χ2v) is 7.54. The number of rotatable bonds is 4. The maximum absolute atomic E-state index is 12.5. The van der Waals surface area contributed by atoms with Gasteiger partial charge in [0.15, 0.2) is 0 Å². The average molecular weight is 389 g/mol. The average Bonchev–Trinajstić information content (AvgIpc) is 3.28. The molecular weight excluding hydrogens is 366 g/mol. The van der Waals surface area contributed by atoms with E-state index in [1.807, 2.05) is 48.0 Å². The summed E-state index contributed by atoms with van der Waals surface area (Å²) in [7, 11) is 2.02. The van der Waals surface area contributed by atoms with Gasteiger partial charge < -0.3 is 14.5 Å². The quantitative estimate of drug-likeness (QED) is 0.579. The minimum absolute atomic E-state index is 0.0251. The molecule has 0 spiro atoms. The van der Waals surface area contributed by atoms with Crippen LogP contribution in [0.15, 0.2) is 53.6 Å². The number of para-hydroxylation sites is 2. The molecule has 4 aromatic rings. The lowest BCUT2D eigenvalue weighted by molar-refractivity contribution is 0.392. The molecular formula is C21H23N7O. The first-order valence-electron chi connectivity index (χ1n) is 9.92. The third-order valence-corrected chi connectivity index (χ3v) is 5.79. The Hall–Kier alpha value is -3.42.